The molecule has 4 nitrogen and oxygen atoms in total. The maximum atomic E-state index is 11.5. The number of carbonyl (C=O) groups excluding carboxylic acids is 1. The van der Waals surface area contributed by atoms with Gasteiger partial charge in [-0.25, -0.2) is 9.97 Å². The van der Waals surface area contributed by atoms with Gasteiger partial charge in [0.05, 0.1) is 0 Å². The number of carbonyl (C=O) groups is 1. The highest BCUT2D eigenvalue weighted by molar-refractivity contribution is 6.28. The van der Waals surface area contributed by atoms with Gasteiger partial charge in [0.2, 0.25) is 5.28 Å². The van der Waals surface area contributed by atoms with Crippen LogP contribution in [0.15, 0.2) is 18.5 Å². The van der Waals surface area contributed by atoms with Crippen molar-refractivity contribution < 1.29 is 9.53 Å². The summed E-state index contributed by atoms with van der Waals surface area (Å²) in [5.41, 5.74) is 0.521. The van der Waals surface area contributed by atoms with Gasteiger partial charge in [0.25, 0.3) is 0 Å². The van der Waals surface area contributed by atoms with Crippen molar-refractivity contribution in [1.82, 2.24) is 9.97 Å². The number of hydrogen-bond donors (Lipinski definition) is 0. The van der Waals surface area contributed by atoms with Gasteiger partial charge < -0.3 is 4.74 Å². The molecular weight excluding hydrogens is 276 g/mol. The van der Waals surface area contributed by atoms with Crippen molar-refractivity contribution in [1.29, 1.82) is 0 Å². The van der Waals surface area contributed by atoms with Gasteiger partial charge in [-0.3, -0.25) is 4.79 Å². The molecule has 0 bridgehead atoms. The zero-order valence-corrected chi connectivity index (χ0v) is 13.0. The quantitative estimate of drug-likeness (QED) is 0.451. The van der Waals surface area contributed by atoms with Crippen LogP contribution in [0.3, 0.4) is 0 Å². The second-order valence-electron chi connectivity index (χ2n) is 5.52. The Kier molecular flexibility index (Phi) is 6.65. The lowest BCUT2D eigenvalue weighted by atomic mass is 10.1. The van der Waals surface area contributed by atoms with Gasteiger partial charge in [-0.1, -0.05) is 12.2 Å². The van der Waals surface area contributed by atoms with Gasteiger partial charge >= 0.3 is 5.97 Å². The summed E-state index contributed by atoms with van der Waals surface area (Å²) >= 11 is 5.60. The molecule has 0 aromatic carbocycles. The van der Waals surface area contributed by atoms with Crippen LogP contribution >= 0.6 is 11.6 Å². The number of esters is 1. The van der Waals surface area contributed by atoms with Gasteiger partial charge in [-0.05, 0) is 51.6 Å². The minimum Gasteiger partial charge on any atom is -0.460 e. The van der Waals surface area contributed by atoms with E-state index in [1.54, 1.807) is 12.4 Å². The zero-order valence-electron chi connectivity index (χ0n) is 12.2. The van der Waals surface area contributed by atoms with Gasteiger partial charge in [0.15, 0.2) is 0 Å². The molecule has 5 heteroatoms. The number of ether oxygens (including phenoxy) is 1. The van der Waals surface area contributed by atoms with E-state index in [1.165, 1.54) is 0 Å². The normalized spacial score (nSPS) is 11.8. The van der Waals surface area contributed by atoms with E-state index in [1.807, 2.05) is 32.9 Å². The molecule has 20 heavy (non-hydrogen) atoms. The van der Waals surface area contributed by atoms with Crippen molar-refractivity contribution in [3.63, 3.8) is 0 Å². The van der Waals surface area contributed by atoms with Crippen LogP contribution in [-0.2, 0) is 9.53 Å². The van der Waals surface area contributed by atoms with Gasteiger partial charge in [0, 0.05) is 24.4 Å². The number of nitrogens with zero attached hydrogens (tertiary/aromatic N) is 2. The number of aromatic nitrogens is 2. The number of rotatable bonds is 6. The summed E-state index contributed by atoms with van der Waals surface area (Å²) < 4.78 is 5.24. The van der Waals surface area contributed by atoms with Crippen LogP contribution in [0.25, 0.3) is 6.08 Å². The van der Waals surface area contributed by atoms with Crippen molar-refractivity contribution in [3.05, 3.63) is 29.3 Å². The van der Waals surface area contributed by atoms with Crippen LogP contribution in [0.2, 0.25) is 5.28 Å². The third kappa shape index (κ3) is 7.89. The molecular formula is C15H21ClN2O2. The predicted molar refractivity (Wildman–Crippen MR) is 80.4 cm³/mol. The maximum Gasteiger partial charge on any atom is 0.306 e. The molecule has 0 fully saturated rings. The fourth-order valence-corrected chi connectivity index (χ4v) is 1.65. The number of allylic oxidation sites excluding steroid dienone is 1. The average molecular weight is 297 g/mol. The molecule has 0 N–H and O–H groups in total. The Morgan fingerprint density at radius 2 is 1.95 bits per heavy atom. The Labute approximate surface area is 125 Å². The Bertz CT molecular complexity index is 450. The third-order valence-corrected chi connectivity index (χ3v) is 2.57. The summed E-state index contributed by atoms with van der Waals surface area (Å²) in [7, 11) is 0. The fourth-order valence-electron chi connectivity index (χ4n) is 1.55. The smallest absolute Gasteiger partial charge is 0.306 e. The first-order chi connectivity index (χ1) is 9.37. The van der Waals surface area contributed by atoms with Gasteiger partial charge in [-0.2, -0.15) is 0 Å². The first-order valence-corrected chi connectivity index (χ1v) is 7.10. The van der Waals surface area contributed by atoms with Crippen LogP contribution in [0.5, 0.6) is 0 Å². The van der Waals surface area contributed by atoms with Crippen LogP contribution in [0.1, 0.15) is 52.0 Å². The van der Waals surface area contributed by atoms with Crippen molar-refractivity contribution in [2.24, 2.45) is 0 Å². The van der Waals surface area contributed by atoms with Crippen molar-refractivity contribution in [3.8, 4) is 0 Å². The molecule has 1 rings (SSSR count). The molecule has 0 aliphatic heterocycles. The largest absolute Gasteiger partial charge is 0.460 e. The summed E-state index contributed by atoms with van der Waals surface area (Å²) in [5.74, 6) is -0.132. The van der Waals surface area contributed by atoms with E-state index >= 15 is 0 Å². The Hall–Kier alpha value is -1.42. The standard InChI is InChI=1S/C15H21ClN2O2/c1-15(2,3)20-13(19)9-7-5-4-6-8-12-10-17-14(16)18-11-12/h6,8,10-11H,4-5,7,9H2,1-3H3/b8-6+. The van der Waals surface area contributed by atoms with Crippen molar-refractivity contribution >= 4 is 23.6 Å². The highest BCUT2D eigenvalue weighted by atomic mass is 35.5. The van der Waals surface area contributed by atoms with Gasteiger partial charge in [-0.15, -0.1) is 0 Å². The Morgan fingerprint density at radius 3 is 2.55 bits per heavy atom. The van der Waals surface area contributed by atoms with E-state index in [0.29, 0.717) is 6.42 Å². The zero-order chi connectivity index (χ0) is 15.0. The molecule has 110 valence electrons. The molecule has 0 amide bonds. The molecule has 0 unspecified atom stereocenters. The van der Waals surface area contributed by atoms with E-state index in [4.69, 9.17) is 16.3 Å². The summed E-state index contributed by atoms with van der Waals surface area (Å²) in [4.78, 5) is 19.3. The predicted octanol–water partition coefficient (Wildman–Crippen LogP) is 4.05. The van der Waals surface area contributed by atoms with Crippen LogP contribution in [0.4, 0.5) is 0 Å². The lowest BCUT2D eigenvalue weighted by Crippen LogP contribution is -2.23. The molecule has 1 heterocycles. The van der Waals surface area contributed by atoms with Crippen LogP contribution < -0.4 is 0 Å². The molecule has 0 saturated heterocycles. The van der Waals surface area contributed by atoms with Crippen LogP contribution in [0, 0.1) is 0 Å². The topological polar surface area (TPSA) is 52.1 Å². The highest BCUT2D eigenvalue weighted by Gasteiger charge is 2.15. The summed E-state index contributed by atoms with van der Waals surface area (Å²) in [5, 5.41) is 0.250. The summed E-state index contributed by atoms with van der Waals surface area (Å²) in [6, 6.07) is 0. The molecule has 1 aromatic rings. The number of unbranched alkanes of at least 4 members (excludes halogenated alkanes) is 2. The lowest BCUT2D eigenvalue weighted by molar-refractivity contribution is -0.154. The molecule has 0 aliphatic rings. The maximum absolute atomic E-state index is 11.5. The molecule has 1 aromatic heterocycles. The minimum atomic E-state index is -0.397. The van der Waals surface area contributed by atoms with E-state index in [9.17, 15) is 4.79 Å². The van der Waals surface area contributed by atoms with E-state index in [2.05, 4.69) is 9.97 Å². The highest BCUT2D eigenvalue weighted by Crippen LogP contribution is 2.11. The third-order valence-electron chi connectivity index (χ3n) is 2.37. The molecule has 0 atom stereocenters. The summed E-state index contributed by atoms with van der Waals surface area (Å²) in [6.07, 6.45) is 10.5. The Morgan fingerprint density at radius 1 is 1.30 bits per heavy atom. The first-order valence-electron chi connectivity index (χ1n) is 6.73. The SMILES string of the molecule is CC(C)(C)OC(=O)CCCC/C=C/c1cnc(Cl)nc1. The monoisotopic (exact) mass is 296 g/mol. The number of hydrogen-bond acceptors (Lipinski definition) is 4. The second kappa shape index (κ2) is 8.00. The van der Waals surface area contributed by atoms with Gasteiger partial charge in [0.1, 0.15) is 5.60 Å². The summed E-state index contributed by atoms with van der Waals surface area (Å²) in [6.45, 7) is 5.63. The molecule has 0 spiro atoms. The first kappa shape index (κ1) is 16.6. The van der Waals surface area contributed by atoms with Crippen molar-refractivity contribution in [2.75, 3.05) is 0 Å². The minimum absolute atomic E-state index is 0.132. The Balaban J connectivity index is 2.16. The van der Waals surface area contributed by atoms with Crippen molar-refractivity contribution in [2.45, 2.75) is 52.1 Å². The molecule has 0 saturated carbocycles. The molecule has 0 radical (unpaired) electrons. The molecule has 0 aliphatic carbocycles. The van der Waals surface area contributed by atoms with E-state index in [0.717, 1.165) is 24.8 Å². The average Bonchev–Trinajstić information content (AvgIpc) is 2.33. The van der Waals surface area contributed by atoms with Crippen LogP contribution in [-0.4, -0.2) is 21.5 Å². The lowest BCUT2D eigenvalue weighted by Gasteiger charge is -2.19. The fraction of sp³-hybridized carbons (Fsp3) is 0.533. The second-order valence-corrected chi connectivity index (χ2v) is 5.86. The van der Waals surface area contributed by atoms with E-state index in [-0.39, 0.29) is 11.3 Å². The number of halogens is 1. The van der Waals surface area contributed by atoms with E-state index < -0.39 is 5.60 Å².